The Labute approximate surface area is 126 Å². The Morgan fingerprint density at radius 3 is 2.67 bits per heavy atom. The Kier molecular flexibility index (Phi) is 2.83. The molecule has 0 saturated heterocycles. The zero-order valence-electron chi connectivity index (χ0n) is 12.5. The molecule has 2 aliphatic rings. The first kappa shape index (κ1) is 12.9. The molecule has 2 aromatic carbocycles. The molecular formula is C19H22NO+. The first-order valence-electron chi connectivity index (χ1n) is 7.91. The van der Waals surface area contributed by atoms with Crippen LogP contribution in [0.5, 0.6) is 5.75 Å². The minimum absolute atomic E-state index is 0.397. The maximum Gasteiger partial charge on any atom is 0.141 e. The van der Waals surface area contributed by atoms with Gasteiger partial charge in [0.1, 0.15) is 11.8 Å². The monoisotopic (exact) mass is 280 g/mol. The summed E-state index contributed by atoms with van der Waals surface area (Å²) in [5.41, 5.74) is 5.73. The molecule has 21 heavy (non-hydrogen) atoms. The molecule has 2 unspecified atom stereocenters. The van der Waals surface area contributed by atoms with Gasteiger partial charge in [-0.05, 0) is 35.7 Å². The van der Waals surface area contributed by atoms with Crippen molar-refractivity contribution in [2.24, 2.45) is 0 Å². The molecule has 0 amide bonds. The summed E-state index contributed by atoms with van der Waals surface area (Å²) < 4.78 is 1.11. The molecule has 0 saturated carbocycles. The number of phenolic OH excluding ortho intramolecular Hbond substituents is 1. The summed E-state index contributed by atoms with van der Waals surface area (Å²) in [6, 6.07) is 15.3. The zero-order valence-corrected chi connectivity index (χ0v) is 12.5. The number of rotatable bonds is 0. The molecule has 2 aromatic rings. The molecule has 0 aliphatic carbocycles. The van der Waals surface area contributed by atoms with E-state index in [1.54, 1.807) is 0 Å². The number of likely N-dealkylation sites (N-methyl/N-ethyl adjacent to an activating group) is 1. The van der Waals surface area contributed by atoms with Crippen molar-refractivity contribution in [3.63, 3.8) is 0 Å². The molecule has 0 spiro atoms. The second kappa shape index (κ2) is 4.60. The van der Waals surface area contributed by atoms with Crippen LogP contribution in [-0.4, -0.2) is 29.7 Å². The van der Waals surface area contributed by atoms with Crippen molar-refractivity contribution in [2.45, 2.75) is 25.3 Å². The van der Waals surface area contributed by atoms with Gasteiger partial charge < -0.3 is 9.59 Å². The van der Waals surface area contributed by atoms with E-state index in [2.05, 4.69) is 37.4 Å². The molecule has 4 rings (SSSR count). The van der Waals surface area contributed by atoms with E-state index in [1.807, 2.05) is 12.1 Å². The average molecular weight is 280 g/mol. The van der Waals surface area contributed by atoms with E-state index in [9.17, 15) is 5.11 Å². The maximum absolute atomic E-state index is 9.83. The lowest BCUT2D eigenvalue weighted by Gasteiger charge is -2.45. The van der Waals surface area contributed by atoms with E-state index in [0.29, 0.717) is 11.8 Å². The largest absolute Gasteiger partial charge is 0.508 e. The van der Waals surface area contributed by atoms with Crippen LogP contribution in [-0.2, 0) is 12.8 Å². The molecule has 2 aliphatic heterocycles. The fourth-order valence-corrected chi connectivity index (χ4v) is 4.32. The first-order chi connectivity index (χ1) is 10.2. The van der Waals surface area contributed by atoms with Crippen LogP contribution in [0.2, 0.25) is 0 Å². The number of aryl methyl sites for hydroxylation is 1. The van der Waals surface area contributed by atoms with E-state index >= 15 is 0 Å². The summed E-state index contributed by atoms with van der Waals surface area (Å²) in [7, 11) is 2.41. The van der Waals surface area contributed by atoms with Gasteiger partial charge in [-0.2, -0.15) is 0 Å². The van der Waals surface area contributed by atoms with Gasteiger partial charge in [0.25, 0.3) is 0 Å². The number of quaternary nitrogens is 1. The topological polar surface area (TPSA) is 20.2 Å². The standard InChI is InChI=1S/C19H21NO/c1-20-11-4-6-15-13-16(21)8-9-18(15)19(20)17-7-3-2-5-14(17)10-12-20/h2-3,5,7-9,13,19H,4,6,10-12H2,1H3/p+1. The Morgan fingerprint density at radius 2 is 1.76 bits per heavy atom. The van der Waals surface area contributed by atoms with Gasteiger partial charge in [0.15, 0.2) is 0 Å². The third-order valence-corrected chi connectivity index (χ3v) is 5.40. The molecule has 1 N–H and O–H groups in total. The molecule has 2 heterocycles. The Balaban J connectivity index is 1.96. The van der Waals surface area contributed by atoms with E-state index in [-0.39, 0.29) is 0 Å². The van der Waals surface area contributed by atoms with Crippen LogP contribution in [0.1, 0.15) is 34.7 Å². The van der Waals surface area contributed by atoms with E-state index in [4.69, 9.17) is 0 Å². The molecular weight excluding hydrogens is 258 g/mol. The van der Waals surface area contributed by atoms with E-state index in [1.165, 1.54) is 48.2 Å². The highest BCUT2D eigenvalue weighted by molar-refractivity contribution is 5.44. The SMILES string of the molecule is C[N+]12CCCc3cc(O)ccc3C1c1ccccc1CC2. The van der Waals surface area contributed by atoms with Gasteiger partial charge in [-0.3, -0.25) is 0 Å². The van der Waals surface area contributed by atoms with E-state index in [0.717, 1.165) is 10.9 Å². The fraction of sp³-hybridized carbons (Fsp3) is 0.368. The lowest BCUT2D eigenvalue weighted by molar-refractivity contribution is -0.935. The van der Waals surface area contributed by atoms with Gasteiger partial charge in [0.2, 0.25) is 0 Å². The van der Waals surface area contributed by atoms with Crippen LogP contribution in [0.25, 0.3) is 0 Å². The number of benzene rings is 2. The van der Waals surface area contributed by atoms with Crippen molar-refractivity contribution in [2.75, 3.05) is 20.1 Å². The summed E-state index contributed by atoms with van der Waals surface area (Å²) in [6.07, 6.45) is 3.46. The average Bonchev–Trinajstić information content (AvgIpc) is 2.63. The van der Waals surface area contributed by atoms with Crippen LogP contribution < -0.4 is 0 Å². The van der Waals surface area contributed by atoms with Crippen molar-refractivity contribution in [3.8, 4) is 5.75 Å². The van der Waals surface area contributed by atoms with Crippen LogP contribution in [0, 0.1) is 0 Å². The van der Waals surface area contributed by atoms with Gasteiger partial charge in [-0.25, -0.2) is 0 Å². The van der Waals surface area contributed by atoms with Crippen LogP contribution in [0.15, 0.2) is 42.5 Å². The summed E-state index contributed by atoms with van der Waals surface area (Å²) in [4.78, 5) is 0. The smallest absolute Gasteiger partial charge is 0.141 e. The predicted molar refractivity (Wildman–Crippen MR) is 84.3 cm³/mol. The number of fused-ring (bicyclic) bond motifs is 5. The van der Waals surface area contributed by atoms with Gasteiger partial charge in [-0.15, -0.1) is 0 Å². The minimum Gasteiger partial charge on any atom is -0.508 e. The Bertz CT molecular complexity index is 694. The van der Waals surface area contributed by atoms with Crippen LogP contribution >= 0.6 is 0 Å². The maximum atomic E-state index is 9.83. The molecule has 2 heteroatoms. The second-order valence-electron chi connectivity index (χ2n) is 6.76. The van der Waals surface area contributed by atoms with E-state index < -0.39 is 0 Å². The molecule has 0 fully saturated rings. The summed E-state index contributed by atoms with van der Waals surface area (Å²) in [5.74, 6) is 0.397. The highest BCUT2D eigenvalue weighted by Gasteiger charge is 2.42. The number of nitrogens with zero attached hydrogens (tertiary/aromatic N) is 1. The number of phenols is 1. The lowest BCUT2D eigenvalue weighted by atomic mass is 9.85. The van der Waals surface area contributed by atoms with Crippen molar-refractivity contribution in [1.82, 2.24) is 0 Å². The summed E-state index contributed by atoms with van der Waals surface area (Å²) >= 11 is 0. The zero-order chi connectivity index (χ0) is 14.4. The number of hydrogen-bond acceptors (Lipinski definition) is 1. The summed E-state index contributed by atoms with van der Waals surface area (Å²) in [5, 5.41) is 9.83. The number of aromatic hydroxyl groups is 1. The van der Waals surface area contributed by atoms with Crippen LogP contribution in [0.4, 0.5) is 0 Å². The highest BCUT2D eigenvalue weighted by atomic mass is 16.3. The number of hydrogen-bond donors (Lipinski definition) is 1. The summed E-state index contributed by atoms with van der Waals surface area (Å²) in [6.45, 7) is 2.43. The molecule has 108 valence electrons. The normalized spacial score (nSPS) is 27.2. The lowest BCUT2D eigenvalue weighted by Crippen LogP contribution is -2.51. The highest BCUT2D eigenvalue weighted by Crippen LogP contribution is 2.43. The van der Waals surface area contributed by atoms with Crippen molar-refractivity contribution in [1.29, 1.82) is 0 Å². The minimum atomic E-state index is 0.397. The van der Waals surface area contributed by atoms with Gasteiger partial charge >= 0.3 is 0 Å². The predicted octanol–water partition coefficient (Wildman–Crippen LogP) is 3.43. The van der Waals surface area contributed by atoms with Crippen LogP contribution in [0.3, 0.4) is 0 Å². The quantitative estimate of drug-likeness (QED) is 0.733. The third kappa shape index (κ3) is 1.97. The van der Waals surface area contributed by atoms with Gasteiger partial charge in [0.05, 0.1) is 20.1 Å². The molecule has 0 bridgehead atoms. The molecule has 2 atom stereocenters. The Hall–Kier alpha value is -1.80. The van der Waals surface area contributed by atoms with Crippen molar-refractivity contribution >= 4 is 0 Å². The van der Waals surface area contributed by atoms with Crippen molar-refractivity contribution < 1.29 is 9.59 Å². The molecule has 0 radical (unpaired) electrons. The van der Waals surface area contributed by atoms with Crippen molar-refractivity contribution in [3.05, 3.63) is 64.7 Å². The van der Waals surface area contributed by atoms with Gasteiger partial charge in [-0.1, -0.05) is 24.3 Å². The molecule has 2 nitrogen and oxygen atoms in total. The Morgan fingerprint density at radius 1 is 0.952 bits per heavy atom. The third-order valence-electron chi connectivity index (χ3n) is 5.40. The first-order valence-corrected chi connectivity index (χ1v) is 7.91. The van der Waals surface area contributed by atoms with Gasteiger partial charge in [0, 0.05) is 24.0 Å². The second-order valence-corrected chi connectivity index (χ2v) is 6.76. The fourth-order valence-electron chi connectivity index (χ4n) is 4.32. The molecule has 0 aromatic heterocycles.